The highest BCUT2D eigenvalue weighted by Gasteiger charge is 2.11. The standard InChI is InChI=1S/C10H10N2O2.C4H8O2/c13-12(14)10-6-5-9(7-11-10)8-3-1-2-4-8;1-2-6-4-3-5-1/h3,5-7H,1-2,4H2;1-4H2. The maximum absolute atomic E-state index is 10.4. The first kappa shape index (κ1) is 14.6. The zero-order chi connectivity index (χ0) is 14.2. The van der Waals surface area contributed by atoms with Crippen LogP contribution in [0.25, 0.3) is 5.57 Å². The van der Waals surface area contributed by atoms with Gasteiger partial charge < -0.3 is 19.6 Å². The van der Waals surface area contributed by atoms with E-state index in [1.165, 1.54) is 18.1 Å². The topological polar surface area (TPSA) is 74.5 Å². The summed E-state index contributed by atoms with van der Waals surface area (Å²) in [6.07, 6.45) is 7.08. The average molecular weight is 278 g/mol. The van der Waals surface area contributed by atoms with Gasteiger partial charge in [-0.05, 0) is 40.8 Å². The molecule has 0 saturated carbocycles. The molecule has 0 N–H and O–H groups in total. The van der Waals surface area contributed by atoms with E-state index in [9.17, 15) is 10.1 Å². The molecule has 1 saturated heterocycles. The minimum Gasteiger partial charge on any atom is -0.377 e. The van der Waals surface area contributed by atoms with Gasteiger partial charge in [0.2, 0.25) is 0 Å². The lowest BCUT2D eigenvalue weighted by Gasteiger charge is -2.09. The molecule has 2 heterocycles. The van der Waals surface area contributed by atoms with E-state index < -0.39 is 4.92 Å². The zero-order valence-corrected chi connectivity index (χ0v) is 11.3. The highest BCUT2D eigenvalue weighted by atomic mass is 16.6. The Balaban J connectivity index is 0.000000205. The largest absolute Gasteiger partial charge is 0.377 e. The summed E-state index contributed by atoms with van der Waals surface area (Å²) in [5, 5.41) is 10.4. The van der Waals surface area contributed by atoms with E-state index in [2.05, 4.69) is 11.1 Å². The fraction of sp³-hybridized carbons (Fsp3) is 0.500. The predicted octanol–water partition coefficient (Wildman–Crippen LogP) is 2.59. The molecule has 0 bridgehead atoms. The lowest BCUT2D eigenvalue weighted by molar-refractivity contribution is -0.389. The van der Waals surface area contributed by atoms with Crippen molar-refractivity contribution in [2.75, 3.05) is 26.4 Å². The van der Waals surface area contributed by atoms with E-state index >= 15 is 0 Å². The third kappa shape index (κ3) is 4.40. The Morgan fingerprint density at radius 3 is 2.25 bits per heavy atom. The second kappa shape index (κ2) is 7.72. The van der Waals surface area contributed by atoms with Gasteiger partial charge in [0.05, 0.1) is 26.4 Å². The third-order valence-corrected chi connectivity index (χ3v) is 3.09. The molecule has 3 rings (SSSR count). The van der Waals surface area contributed by atoms with Gasteiger partial charge in [0.15, 0.2) is 0 Å². The second-order valence-electron chi connectivity index (χ2n) is 4.51. The van der Waals surface area contributed by atoms with Crippen LogP contribution in [0.5, 0.6) is 0 Å². The minimum atomic E-state index is -0.479. The van der Waals surface area contributed by atoms with Gasteiger partial charge in [-0.3, -0.25) is 0 Å². The Bertz CT molecular complexity index is 455. The molecule has 0 radical (unpaired) electrons. The average Bonchev–Trinajstić information content (AvgIpc) is 3.04. The Labute approximate surface area is 117 Å². The summed E-state index contributed by atoms with van der Waals surface area (Å²) in [5.41, 5.74) is 2.26. The van der Waals surface area contributed by atoms with Gasteiger partial charge in [0, 0.05) is 11.6 Å². The smallest absolute Gasteiger partial charge is 0.363 e. The van der Waals surface area contributed by atoms with Crippen molar-refractivity contribution in [1.82, 2.24) is 4.98 Å². The Hall–Kier alpha value is -1.79. The fourth-order valence-electron chi connectivity index (χ4n) is 2.06. The molecule has 0 unspecified atom stereocenters. The van der Waals surface area contributed by atoms with Gasteiger partial charge in [0.1, 0.15) is 6.20 Å². The summed E-state index contributed by atoms with van der Waals surface area (Å²) in [6, 6.07) is 3.22. The van der Waals surface area contributed by atoms with Gasteiger partial charge in [-0.25, -0.2) is 0 Å². The van der Waals surface area contributed by atoms with Crippen LogP contribution < -0.4 is 0 Å². The molecule has 0 amide bonds. The van der Waals surface area contributed by atoms with Crippen LogP contribution in [-0.2, 0) is 9.47 Å². The van der Waals surface area contributed by atoms with Crippen molar-refractivity contribution >= 4 is 11.4 Å². The van der Waals surface area contributed by atoms with Crippen LogP contribution in [0.2, 0.25) is 0 Å². The number of pyridine rings is 1. The van der Waals surface area contributed by atoms with E-state index in [4.69, 9.17) is 9.47 Å². The van der Waals surface area contributed by atoms with Crippen LogP contribution in [0.15, 0.2) is 24.4 Å². The summed E-state index contributed by atoms with van der Waals surface area (Å²) >= 11 is 0. The first-order chi connectivity index (χ1) is 9.77. The van der Waals surface area contributed by atoms with Gasteiger partial charge in [-0.1, -0.05) is 6.08 Å². The maximum atomic E-state index is 10.4. The molecule has 6 heteroatoms. The molecule has 2 aliphatic rings. The van der Waals surface area contributed by atoms with Crippen molar-refractivity contribution in [3.05, 3.63) is 40.1 Å². The molecule has 1 aliphatic heterocycles. The van der Waals surface area contributed by atoms with Crippen LogP contribution in [0.4, 0.5) is 5.82 Å². The summed E-state index contributed by atoms with van der Waals surface area (Å²) in [5.74, 6) is -0.0904. The number of hydrogen-bond donors (Lipinski definition) is 0. The molecular formula is C14H18N2O4. The summed E-state index contributed by atoms with van der Waals surface area (Å²) in [4.78, 5) is 13.7. The number of ether oxygens (including phenoxy) is 2. The lowest BCUT2D eigenvalue weighted by Crippen LogP contribution is -2.16. The van der Waals surface area contributed by atoms with Crippen molar-refractivity contribution in [2.45, 2.75) is 19.3 Å². The van der Waals surface area contributed by atoms with Crippen molar-refractivity contribution in [1.29, 1.82) is 0 Å². The molecule has 6 nitrogen and oxygen atoms in total. The van der Waals surface area contributed by atoms with E-state index in [1.54, 1.807) is 12.3 Å². The van der Waals surface area contributed by atoms with Crippen molar-refractivity contribution in [3.8, 4) is 0 Å². The molecule has 1 aromatic heterocycles. The number of nitro groups is 1. The number of allylic oxidation sites excluding steroid dienone is 2. The SMILES string of the molecule is C1COCCO1.O=[N+]([O-])c1ccc(C2=CCCC2)cn1. The first-order valence-corrected chi connectivity index (χ1v) is 6.73. The fourth-order valence-corrected chi connectivity index (χ4v) is 2.06. The van der Waals surface area contributed by atoms with Crippen molar-refractivity contribution in [3.63, 3.8) is 0 Å². The Morgan fingerprint density at radius 1 is 1.15 bits per heavy atom. The number of aromatic nitrogens is 1. The third-order valence-electron chi connectivity index (χ3n) is 3.09. The van der Waals surface area contributed by atoms with Gasteiger partial charge in [-0.15, -0.1) is 0 Å². The minimum absolute atomic E-state index is 0.0904. The van der Waals surface area contributed by atoms with Crippen LogP contribution in [0.3, 0.4) is 0 Å². The first-order valence-electron chi connectivity index (χ1n) is 6.73. The van der Waals surface area contributed by atoms with Crippen LogP contribution in [0, 0.1) is 10.1 Å². The number of rotatable bonds is 2. The molecular weight excluding hydrogens is 260 g/mol. The summed E-state index contributed by atoms with van der Waals surface area (Å²) in [7, 11) is 0. The maximum Gasteiger partial charge on any atom is 0.363 e. The highest BCUT2D eigenvalue weighted by molar-refractivity contribution is 5.66. The van der Waals surface area contributed by atoms with Gasteiger partial charge >= 0.3 is 5.82 Å². The quantitative estimate of drug-likeness (QED) is 0.614. The van der Waals surface area contributed by atoms with Crippen LogP contribution in [-0.4, -0.2) is 36.3 Å². The second-order valence-corrected chi connectivity index (χ2v) is 4.51. The van der Waals surface area contributed by atoms with Crippen LogP contribution in [0.1, 0.15) is 24.8 Å². The molecule has 0 spiro atoms. The lowest BCUT2D eigenvalue weighted by atomic mass is 10.1. The normalized spacial score (nSPS) is 17.9. The molecule has 0 aromatic carbocycles. The van der Waals surface area contributed by atoms with E-state index in [-0.39, 0.29) is 5.82 Å². The van der Waals surface area contributed by atoms with Gasteiger partial charge in [-0.2, -0.15) is 0 Å². The monoisotopic (exact) mass is 278 g/mol. The summed E-state index contributed by atoms with van der Waals surface area (Å²) in [6.45, 7) is 3.11. The zero-order valence-electron chi connectivity index (χ0n) is 11.3. The van der Waals surface area contributed by atoms with E-state index in [0.717, 1.165) is 44.8 Å². The summed E-state index contributed by atoms with van der Waals surface area (Å²) < 4.78 is 9.89. The van der Waals surface area contributed by atoms with Gasteiger partial charge in [0.25, 0.3) is 0 Å². The Morgan fingerprint density at radius 2 is 1.85 bits per heavy atom. The highest BCUT2D eigenvalue weighted by Crippen LogP contribution is 2.27. The molecule has 20 heavy (non-hydrogen) atoms. The molecule has 0 atom stereocenters. The number of nitrogens with zero attached hydrogens (tertiary/aromatic N) is 2. The Kier molecular flexibility index (Phi) is 5.64. The van der Waals surface area contributed by atoms with Crippen molar-refractivity contribution in [2.24, 2.45) is 0 Å². The van der Waals surface area contributed by atoms with E-state index in [1.807, 2.05) is 0 Å². The molecule has 1 aromatic rings. The molecule has 1 aliphatic carbocycles. The van der Waals surface area contributed by atoms with Crippen molar-refractivity contribution < 1.29 is 14.4 Å². The number of hydrogen-bond acceptors (Lipinski definition) is 5. The predicted molar refractivity (Wildman–Crippen MR) is 74.4 cm³/mol. The molecule has 108 valence electrons. The van der Waals surface area contributed by atoms with E-state index in [0.29, 0.717) is 0 Å². The molecule has 1 fully saturated rings. The van der Waals surface area contributed by atoms with Crippen LogP contribution >= 0.6 is 0 Å².